The van der Waals surface area contributed by atoms with E-state index in [-0.39, 0.29) is 36.4 Å². The number of hydrogen-bond donors (Lipinski definition) is 2. The molecule has 1 aromatic carbocycles. The van der Waals surface area contributed by atoms with Crippen molar-refractivity contribution in [3.8, 4) is 0 Å². The van der Waals surface area contributed by atoms with Crippen molar-refractivity contribution in [2.75, 3.05) is 11.9 Å². The van der Waals surface area contributed by atoms with Crippen molar-refractivity contribution in [3.63, 3.8) is 0 Å². The van der Waals surface area contributed by atoms with Gasteiger partial charge in [0.1, 0.15) is 6.10 Å². The highest BCUT2D eigenvalue weighted by Gasteiger charge is 2.27. The third-order valence-electron chi connectivity index (χ3n) is 3.57. The molecule has 1 aliphatic heterocycles. The Hall–Kier alpha value is -1.59. The smallest absolute Gasteiger partial charge is 0.303 e. The summed E-state index contributed by atoms with van der Waals surface area (Å²) < 4.78 is 5.51. The van der Waals surface area contributed by atoms with Gasteiger partial charge in [-0.05, 0) is 37.1 Å². The number of esters is 1. The van der Waals surface area contributed by atoms with E-state index in [1.54, 1.807) is 0 Å². The zero-order valence-corrected chi connectivity index (χ0v) is 13.7. The van der Waals surface area contributed by atoms with E-state index in [2.05, 4.69) is 10.6 Å². The molecule has 0 spiro atoms. The number of carbonyl (C=O) groups is 2. The number of amides is 1. The molecule has 2 N–H and O–H groups in total. The number of piperidine rings is 1. The first kappa shape index (κ1) is 18.5. The zero-order chi connectivity index (χ0) is 15.2. The topological polar surface area (TPSA) is 67.4 Å². The Labute approximate surface area is 137 Å². The molecule has 2 rings (SSSR count). The van der Waals surface area contributed by atoms with Crippen LogP contribution < -0.4 is 10.6 Å². The lowest BCUT2D eigenvalue weighted by atomic mass is 9.94. The molecule has 0 bridgehead atoms. The Balaban J connectivity index is 0.00000242. The summed E-state index contributed by atoms with van der Waals surface area (Å²) in [6, 6.07) is 7.60. The minimum absolute atomic E-state index is 0. The molecule has 0 aromatic heterocycles. The van der Waals surface area contributed by atoms with Gasteiger partial charge in [0, 0.05) is 25.6 Å². The van der Waals surface area contributed by atoms with Gasteiger partial charge in [-0.15, -0.1) is 12.4 Å². The van der Waals surface area contributed by atoms with Crippen LogP contribution in [0.3, 0.4) is 0 Å². The molecule has 0 aliphatic carbocycles. The molecule has 1 saturated heterocycles. The molecule has 6 heteroatoms. The van der Waals surface area contributed by atoms with Gasteiger partial charge >= 0.3 is 5.97 Å². The van der Waals surface area contributed by atoms with Crippen LogP contribution in [0.25, 0.3) is 0 Å². The minimum Gasteiger partial charge on any atom is -0.456 e. The van der Waals surface area contributed by atoms with Crippen LogP contribution in [0.5, 0.6) is 0 Å². The summed E-state index contributed by atoms with van der Waals surface area (Å²) in [5.74, 6) is -0.383. The van der Waals surface area contributed by atoms with Crippen molar-refractivity contribution >= 4 is 30.0 Å². The van der Waals surface area contributed by atoms with Gasteiger partial charge in [0.15, 0.2) is 0 Å². The van der Waals surface area contributed by atoms with E-state index in [1.165, 1.54) is 13.8 Å². The third-order valence-corrected chi connectivity index (χ3v) is 3.57. The van der Waals surface area contributed by atoms with Crippen molar-refractivity contribution in [2.24, 2.45) is 0 Å². The normalized spacial score (nSPS) is 18.7. The first-order valence-corrected chi connectivity index (χ1v) is 7.34. The fourth-order valence-electron chi connectivity index (χ4n) is 2.66. The second kappa shape index (κ2) is 8.76. The molecule has 2 unspecified atom stereocenters. The van der Waals surface area contributed by atoms with E-state index in [0.29, 0.717) is 0 Å². The molecule has 0 saturated carbocycles. The van der Waals surface area contributed by atoms with E-state index in [1.807, 2.05) is 24.3 Å². The van der Waals surface area contributed by atoms with Gasteiger partial charge in [0.2, 0.25) is 5.91 Å². The molecule has 1 aliphatic rings. The standard InChI is InChI=1S/C16H22N2O3.ClH/c1-11(19)18-14-8-6-13(7-9-14)16(21-12(2)20)15-5-3-4-10-17-15;/h6-9,15-17H,3-5,10H2,1-2H3,(H,18,19);1H. The monoisotopic (exact) mass is 326 g/mol. The Morgan fingerprint density at radius 3 is 2.41 bits per heavy atom. The van der Waals surface area contributed by atoms with Crippen LogP contribution in [-0.4, -0.2) is 24.5 Å². The predicted octanol–water partition coefficient (Wildman–Crippen LogP) is 2.81. The number of hydrogen-bond acceptors (Lipinski definition) is 4. The highest BCUT2D eigenvalue weighted by atomic mass is 35.5. The number of benzene rings is 1. The first-order valence-electron chi connectivity index (χ1n) is 7.34. The maximum absolute atomic E-state index is 11.4. The van der Waals surface area contributed by atoms with E-state index in [4.69, 9.17) is 4.74 Å². The third kappa shape index (κ3) is 5.31. The van der Waals surface area contributed by atoms with Gasteiger partial charge in [0.25, 0.3) is 0 Å². The number of ether oxygens (including phenoxy) is 1. The molecule has 22 heavy (non-hydrogen) atoms. The summed E-state index contributed by atoms with van der Waals surface area (Å²) in [7, 11) is 0. The van der Waals surface area contributed by atoms with Crippen molar-refractivity contribution < 1.29 is 14.3 Å². The largest absolute Gasteiger partial charge is 0.456 e. The van der Waals surface area contributed by atoms with Crippen molar-refractivity contribution in [2.45, 2.75) is 45.3 Å². The van der Waals surface area contributed by atoms with Gasteiger partial charge in [-0.2, -0.15) is 0 Å². The fraction of sp³-hybridized carbons (Fsp3) is 0.500. The van der Waals surface area contributed by atoms with Crippen LogP contribution in [0.4, 0.5) is 5.69 Å². The van der Waals surface area contributed by atoms with Gasteiger partial charge in [-0.3, -0.25) is 9.59 Å². The minimum atomic E-state index is -0.283. The average molecular weight is 327 g/mol. The lowest BCUT2D eigenvalue weighted by Crippen LogP contribution is -2.40. The van der Waals surface area contributed by atoms with Crippen LogP contribution >= 0.6 is 12.4 Å². The van der Waals surface area contributed by atoms with Crippen LogP contribution in [0.15, 0.2) is 24.3 Å². The zero-order valence-electron chi connectivity index (χ0n) is 12.9. The summed E-state index contributed by atoms with van der Waals surface area (Å²) in [5.41, 5.74) is 1.68. The predicted molar refractivity (Wildman–Crippen MR) is 88.1 cm³/mol. The summed E-state index contributed by atoms with van der Waals surface area (Å²) in [4.78, 5) is 22.4. The summed E-state index contributed by atoms with van der Waals surface area (Å²) >= 11 is 0. The quantitative estimate of drug-likeness (QED) is 0.835. The molecule has 1 fully saturated rings. The SMILES string of the molecule is CC(=O)Nc1ccc(C(OC(C)=O)C2CCCCN2)cc1.Cl. The maximum Gasteiger partial charge on any atom is 0.303 e. The molecule has 1 amide bonds. The summed E-state index contributed by atoms with van der Waals surface area (Å²) in [6.07, 6.45) is 3.00. The van der Waals surface area contributed by atoms with Crippen LogP contribution in [-0.2, 0) is 14.3 Å². The number of anilines is 1. The fourth-order valence-corrected chi connectivity index (χ4v) is 2.66. The molecular formula is C16H23ClN2O3. The lowest BCUT2D eigenvalue weighted by molar-refractivity contribution is -0.148. The average Bonchev–Trinajstić information content (AvgIpc) is 2.46. The Morgan fingerprint density at radius 1 is 1.23 bits per heavy atom. The van der Waals surface area contributed by atoms with E-state index in [9.17, 15) is 9.59 Å². The summed E-state index contributed by atoms with van der Waals surface area (Å²) in [5, 5.41) is 6.15. The van der Waals surface area contributed by atoms with Gasteiger partial charge in [-0.1, -0.05) is 18.6 Å². The van der Waals surface area contributed by atoms with Gasteiger partial charge in [0.05, 0.1) is 0 Å². The van der Waals surface area contributed by atoms with E-state index < -0.39 is 0 Å². The highest BCUT2D eigenvalue weighted by molar-refractivity contribution is 5.88. The molecule has 2 atom stereocenters. The van der Waals surface area contributed by atoms with Crippen LogP contribution in [0.2, 0.25) is 0 Å². The van der Waals surface area contributed by atoms with Crippen molar-refractivity contribution in [1.29, 1.82) is 0 Å². The van der Waals surface area contributed by atoms with E-state index >= 15 is 0 Å². The number of carbonyl (C=O) groups excluding carboxylic acids is 2. The molecule has 0 radical (unpaired) electrons. The Bertz CT molecular complexity index is 499. The van der Waals surface area contributed by atoms with Crippen LogP contribution in [0, 0.1) is 0 Å². The second-order valence-electron chi connectivity index (χ2n) is 5.39. The molecule has 1 heterocycles. The Kier molecular flexibility index (Phi) is 7.35. The molecular weight excluding hydrogens is 304 g/mol. The number of nitrogens with one attached hydrogen (secondary N) is 2. The number of halogens is 1. The second-order valence-corrected chi connectivity index (χ2v) is 5.39. The molecule has 122 valence electrons. The summed E-state index contributed by atoms with van der Waals surface area (Å²) in [6.45, 7) is 3.86. The Morgan fingerprint density at radius 2 is 1.91 bits per heavy atom. The van der Waals surface area contributed by atoms with E-state index in [0.717, 1.165) is 37.1 Å². The number of rotatable bonds is 4. The highest BCUT2D eigenvalue weighted by Crippen LogP contribution is 2.27. The first-order chi connectivity index (χ1) is 10.1. The van der Waals surface area contributed by atoms with Gasteiger partial charge in [-0.25, -0.2) is 0 Å². The van der Waals surface area contributed by atoms with Crippen molar-refractivity contribution in [3.05, 3.63) is 29.8 Å². The van der Waals surface area contributed by atoms with Crippen molar-refractivity contribution in [1.82, 2.24) is 5.32 Å². The molecule has 1 aromatic rings. The lowest BCUT2D eigenvalue weighted by Gasteiger charge is -2.31. The van der Waals surface area contributed by atoms with Crippen LogP contribution in [0.1, 0.15) is 44.8 Å². The molecule has 5 nitrogen and oxygen atoms in total. The van der Waals surface area contributed by atoms with Gasteiger partial charge < -0.3 is 15.4 Å². The maximum atomic E-state index is 11.4.